The van der Waals surface area contributed by atoms with E-state index >= 15 is 0 Å². The Kier molecular flexibility index (Phi) is 4.61. The van der Waals surface area contributed by atoms with Crippen molar-refractivity contribution in [1.29, 1.82) is 0 Å². The Labute approximate surface area is 113 Å². The van der Waals surface area contributed by atoms with Crippen molar-refractivity contribution in [2.75, 3.05) is 0 Å². The van der Waals surface area contributed by atoms with E-state index in [4.69, 9.17) is 5.73 Å². The second kappa shape index (κ2) is 5.44. The van der Waals surface area contributed by atoms with Crippen LogP contribution < -0.4 is 5.73 Å². The van der Waals surface area contributed by atoms with Crippen molar-refractivity contribution in [1.82, 2.24) is 0 Å². The van der Waals surface area contributed by atoms with Crippen molar-refractivity contribution in [3.8, 4) is 0 Å². The van der Waals surface area contributed by atoms with Gasteiger partial charge in [0.15, 0.2) is 0 Å². The van der Waals surface area contributed by atoms with Gasteiger partial charge in [-0.1, -0.05) is 57.0 Å². The second-order valence-electron chi connectivity index (χ2n) is 7.00. The van der Waals surface area contributed by atoms with Crippen molar-refractivity contribution < 1.29 is 0 Å². The normalized spacial score (nSPS) is 14.6. The van der Waals surface area contributed by atoms with Crippen molar-refractivity contribution in [2.24, 2.45) is 11.1 Å². The van der Waals surface area contributed by atoms with E-state index in [-0.39, 0.29) is 11.0 Å². The summed E-state index contributed by atoms with van der Waals surface area (Å²) in [5.41, 5.74) is 9.16. The molecule has 1 unspecified atom stereocenters. The molecule has 0 radical (unpaired) electrons. The molecule has 1 aromatic rings. The van der Waals surface area contributed by atoms with Gasteiger partial charge in [-0.25, -0.2) is 0 Å². The fourth-order valence-corrected chi connectivity index (χ4v) is 2.42. The predicted molar refractivity (Wildman–Crippen MR) is 80.9 cm³/mol. The predicted octanol–water partition coefficient (Wildman–Crippen LogP) is 4.64. The van der Waals surface area contributed by atoms with Crippen LogP contribution in [0.15, 0.2) is 24.3 Å². The van der Waals surface area contributed by atoms with Crippen LogP contribution in [0.25, 0.3) is 0 Å². The van der Waals surface area contributed by atoms with Crippen LogP contribution in [0.2, 0.25) is 0 Å². The monoisotopic (exact) mass is 247 g/mol. The quantitative estimate of drug-likeness (QED) is 0.805. The van der Waals surface area contributed by atoms with Crippen LogP contribution >= 0.6 is 0 Å². The number of rotatable bonds is 5. The molecule has 1 nitrogen and oxygen atoms in total. The van der Waals surface area contributed by atoms with E-state index < -0.39 is 0 Å². The lowest BCUT2D eigenvalue weighted by molar-refractivity contribution is 0.229. The van der Waals surface area contributed by atoms with E-state index in [1.807, 2.05) is 0 Å². The molecule has 1 heteroatoms. The first-order chi connectivity index (χ1) is 8.15. The summed E-state index contributed by atoms with van der Waals surface area (Å²) in [7, 11) is 0. The minimum absolute atomic E-state index is 0.123. The standard InChI is InChI=1S/C17H29N/c1-7-16(3,4)15(12-17(5,6)18)14-10-8-13(2)9-11-14/h8-11,15H,7,12,18H2,1-6H3. The number of aryl methyl sites for hydroxylation is 1. The summed E-state index contributed by atoms with van der Waals surface area (Å²) in [5, 5.41) is 0. The molecule has 0 saturated heterocycles. The van der Waals surface area contributed by atoms with Gasteiger partial charge in [-0.05, 0) is 44.1 Å². The maximum absolute atomic E-state index is 6.25. The maximum Gasteiger partial charge on any atom is 0.0103 e. The lowest BCUT2D eigenvalue weighted by Gasteiger charge is -2.38. The van der Waals surface area contributed by atoms with E-state index in [2.05, 4.69) is 65.8 Å². The van der Waals surface area contributed by atoms with E-state index in [1.165, 1.54) is 17.5 Å². The number of nitrogens with two attached hydrogens (primary N) is 1. The third-order valence-corrected chi connectivity index (χ3v) is 4.06. The molecule has 0 aliphatic rings. The first kappa shape index (κ1) is 15.2. The molecule has 18 heavy (non-hydrogen) atoms. The molecule has 1 aromatic carbocycles. The van der Waals surface area contributed by atoms with Crippen LogP contribution in [-0.2, 0) is 0 Å². The zero-order valence-electron chi connectivity index (χ0n) is 12.9. The van der Waals surface area contributed by atoms with E-state index in [0.29, 0.717) is 5.92 Å². The van der Waals surface area contributed by atoms with Crippen molar-refractivity contribution in [2.45, 2.75) is 65.8 Å². The van der Waals surface area contributed by atoms with E-state index in [1.54, 1.807) is 0 Å². The summed E-state index contributed by atoms with van der Waals surface area (Å²) in [6.07, 6.45) is 2.19. The molecule has 0 amide bonds. The first-order valence-electron chi connectivity index (χ1n) is 7.01. The molecule has 0 aliphatic carbocycles. The molecule has 0 fully saturated rings. The molecule has 2 N–H and O–H groups in total. The summed E-state index contributed by atoms with van der Waals surface area (Å²) in [6, 6.07) is 8.95. The molecule has 0 heterocycles. The molecule has 102 valence electrons. The molecule has 0 aromatic heterocycles. The SMILES string of the molecule is CCC(C)(C)C(CC(C)(C)N)c1ccc(C)cc1. The molecule has 0 bridgehead atoms. The van der Waals surface area contributed by atoms with Gasteiger partial charge in [-0.15, -0.1) is 0 Å². The van der Waals surface area contributed by atoms with Gasteiger partial charge in [-0.2, -0.15) is 0 Å². The highest BCUT2D eigenvalue weighted by atomic mass is 14.7. The molecule has 0 spiro atoms. The zero-order valence-corrected chi connectivity index (χ0v) is 12.9. The summed E-state index contributed by atoms with van der Waals surface area (Å²) >= 11 is 0. The van der Waals surface area contributed by atoms with Crippen molar-refractivity contribution in [3.05, 3.63) is 35.4 Å². The van der Waals surface area contributed by atoms with Gasteiger partial charge in [0.1, 0.15) is 0 Å². The van der Waals surface area contributed by atoms with Gasteiger partial charge in [-0.3, -0.25) is 0 Å². The van der Waals surface area contributed by atoms with Gasteiger partial charge < -0.3 is 5.73 Å². The van der Waals surface area contributed by atoms with Crippen molar-refractivity contribution in [3.63, 3.8) is 0 Å². The fraction of sp³-hybridized carbons (Fsp3) is 0.647. The van der Waals surface area contributed by atoms with Crippen molar-refractivity contribution >= 4 is 0 Å². The lowest BCUT2D eigenvalue weighted by Crippen LogP contribution is -2.37. The molecular formula is C17H29N. The van der Waals surface area contributed by atoms with Gasteiger partial charge in [0, 0.05) is 5.54 Å². The Morgan fingerprint density at radius 1 is 1.06 bits per heavy atom. The van der Waals surface area contributed by atoms with Crippen LogP contribution in [0, 0.1) is 12.3 Å². The maximum atomic E-state index is 6.25. The van der Waals surface area contributed by atoms with Crippen LogP contribution in [-0.4, -0.2) is 5.54 Å². The minimum Gasteiger partial charge on any atom is -0.326 e. The Morgan fingerprint density at radius 2 is 1.56 bits per heavy atom. The third kappa shape index (κ3) is 4.13. The number of benzene rings is 1. The smallest absolute Gasteiger partial charge is 0.0103 e. The largest absolute Gasteiger partial charge is 0.326 e. The first-order valence-corrected chi connectivity index (χ1v) is 7.01. The Hall–Kier alpha value is -0.820. The zero-order chi connectivity index (χ0) is 14.0. The van der Waals surface area contributed by atoms with Gasteiger partial charge in [0.25, 0.3) is 0 Å². The van der Waals surface area contributed by atoms with E-state index in [0.717, 1.165) is 6.42 Å². The average Bonchev–Trinajstić information content (AvgIpc) is 2.26. The molecule has 1 atom stereocenters. The fourth-order valence-electron chi connectivity index (χ4n) is 2.42. The second-order valence-corrected chi connectivity index (χ2v) is 7.00. The summed E-state index contributed by atoms with van der Waals surface area (Å²) in [4.78, 5) is 0. The van der Waals surface area contributed by atoms with Gasteiger partial charge >= 0.3 is 0 Å². The highest BCUT2D eigenvalue weighted by Crippen LogP contribution is 2.42. The van der Waals surface area contributed by atoms with Gasteiger partial charge in [0.05, 0.1) is 0 Å². The van der Waals surface area contributed by atoms with Crippen LogP contribution in [0.1, 0.15) is 64.5 Å². The van der Waals surface area contributed by atoms with Gasteiger partial charge in [0.2, 0.25) is 0 Å². The molecule has 0 aliphatic heterocycles. The summed E-state index contributed by atoms with van der Waals surface area (Å²) in [5.74, 6) is 0.517. The minimum atomic E-state index is -0.123. The van der Waals surface area contributed by atoms with Crippen LogP contribution in [0.4, 0.5) is 0 Å². The van der Waals surface area contributed by atoms with Crippen LogP contribution in [0.3, 0.4) is 0 Å². The summed E-state index contributed by atoms with van der Waals surface area (Å²) in [6.45, 7) is 13.4. The highest BCUT2D eigenvalue weighted by molar-refractivity contribution is 5.26. The molecular weight excluding hydrogens is 218 g/mol. The average molecular weight is 247 g/mol. The topological polar surface area (TPSA) is 26.0 Å². The summed E-state index contributed by atoms with van der Waals surface area (Å²) < 4.78 is 0. The van der Waals surface area contributed by atoms with E-state index in [9.17, 15) is 0 Å². The number of hydrogen-bond acceptors (Lipinski definition) is 1. The molecule has 0 saturated carbocycles. The molecule has 1 rings (SSSR count). The third-order valence-electron chi connectivity index (χ3n) is 4.06. The number of hydrogen-bond donors (Lipinski definition) is 1. The lowest BCUT2D eigenvalue weighted by atomic mass is 9.68. The Balaban J connectivity index is 3.08. The Bertz CT molecular complexity index is 368. The van der Waals surface area contributed by atoms with Crippen LogP contribution in [0.5, 0.6) is 0 Å². The highest BCUT2D eigenvalue weighted by Gasteiger charge is 2.32. The Morgan fingerprint density at radius 3 is 1.94 bits per heavy atom.